The zero-order valence-corrected chi connectivity index (χ0v) is 14.3. The number of halogens is 2. The maximum Gasteiger partial charge on any atom is 0.253 e. The first kappa shape index (κ1) is 15.6. The van der Waals surface area contributed by atoms with E-state index in [2.05, 4.69) is 27.9 Å². The van der Waals surface area contributed by atoms with Crippen molar-refractivity contribution in [3.05, 3.63) is 26.8 Å². The zero-order valence-electron chi connectivity index (χ0n) is 11.4. The average Bonchev–Trinajstić information content (AvgIpc) is 2.41. The molecule has 1 aromatic carbocycles. The second-order valence-electron chi connectivity index (χ2n) is 4.82. The summed E-state index contributed by atoms with van der Waals surface area (Å²) >= 11 is 8.38. The summed E-state index contributed by atoms with van der Waals surface area (Å²) in [5, 5.41) is 3.32. The Hall–Kier alpha value is -0.820. The van der Waals surface area contributed by atoms with Crippen molar-refractivity contribution in [3.8, 4) is 0 Å². The lowest BCUT2D eigenvalue weighted by Crippen LogP contribution is -2.66. The summed E-state index contributed by atoms with van der Waals surface area (Å²) in [6.45, 7) is 3.82. The monoisotopic (exact) mass is 406 g/mol. The second kappa shape index (κ2) is 5.89. The van der Waals surface area contributed by atoms with Crippen molar-refractivity contribution in [3.63, 3.8) is 0 Å². The van der Waals surface area contributed by atoms with Gasteiger partial charge < -0.3 is 5.32 Å². The highest BCUT2D eigenvalue weighted by molar-refractivity contribution is 14.1. The molecule has 1 saturated heterocycles. The van der Waals surface area contributed by atoms with Gasteiger partial charge in [-0.1, -0.05) is 25.4 Å². The summed E-state index contributed by atoms with van der Waals surface area (Å²) in [5.74, 6) is -0.242. The lowest BCUT2D eigenvalue weighted by molar-refractivity contribution is -0.136. The van der Waals surface area contributed by atoms with Crippen LogP contribution in [0.2, 0.25) is 5.02 Å². The van der Waals surface area contributed by atoms with Crippen LogP contribution < -0.4 is 10.2 Å². The molecule has 0 radical (unpaired) electrons. The lowest BCUT2D eigenvalue weighted by atomic mass is 9.88. The van der Waals surface area contributed by atoms with Crippen molar-refractivity contribution in [2.45, 2.75) is 32.2 Å². The largest absolute Gasteiger partial charge is 0.340 e. The van der Waals surface area contributed by atoms with Gasteiger partial charge in [0.25, 0.3) is 5.91 Å². The molecule has 1 aliphatic rings. The fourth-order valence-electron chi connectivity index (χ4n) is 2.46. The number of nitrogens with one attached hydrogen (secondary N) is 1. The highest BCUT2D eigenvalue weighted by Crippen LogP contribution is 2.32. The van der Waals surface area contributed by atoms with Crippen molar-refractivity contribution < 1.29 is 9.59 Å². The fourth-order valence-corrected chi connectivity index (χ4v) is 3.42. The van der Waals surface area contributed by atoms with E-state index in [1.54, 1.807) is 12.1 Å². The van der Waals surface area contributed by atoms with Gasteiger partial charge in [-0.15, -0.1) is 0 Å². The van der Waals surface area contributed by atoms with E-state index in [1.807, 2.05) is 19.9 Å². The molecule has 0 bridgehead atoms. The summed E-state index contributed by atoms with van der Waals surface area (Å²) in [5.41, 5.74) is -0.222. The van der Waals surface area contributed by atoms with Gasteiger partial charge in [0.2, 0.25) is 5.91 Å². The number of amides is 2. The van der Waals surface area contributed by atoms with Crippen molar-refractivity contribution in [1.29, 1.82) is 0 Å². The highest BCUT2D eigenvalue weighted by atomic mass is 127. The van der Waals surface area contributed by atoms with E-state index < -0.39 is 5.54 Å². The van der Waals surface area contributed by atoms with Gasteiger partial charge in [-0.05, 0) is 53.6 Å². The molecule has 1 aliphatic heterocycles. The highest BCUT2D eigenvalue weighted by Gasteiger charge is 2.44. The number of hydrogen-bond acceptors (Lipinski definition) is 2. The van der Waals surface area contributed by atoms with Gasteiger partial charge in [-0.25, -0.2) is 0 Å². The number of anilines is 1. The Bertz CT molecular complexity index is 558. The zero-order chi connectivity index (χ0) is 14.9. The molecular weight excluding hydrogens is 391 g/mol. The Balaban J connectivity index is 2.45. The minimum atomic E-state index is -0.818. The molecule has 1 N–H and O–H groups in total. The smallest absolute Gasteiger partial charge is 0.253 e. The molecule has 108 valence electrons. The normalized spacial score (nSPS) is 18.1. The van der Waals surface area contributed by atoms with Crippen molar-refractivity contribution in [2.75, 3.05) is 11.4 Å². The number of carbonyl (C=O) groups excluding carboxylic acids is 2. The van der Waals surface area contributed by atoms with Crippen LogP contribution in [0.5, 0.6) is 0 Å². The van der Waals surface area contributed by atoms with Gasteiger partial charge in [0, 0.05) is 3.57 Å². The van der Waals surface area contributed by atoms with E-state index in [1.165, 1.54) is 4.90 Å². The standard InChI is InChI=1S/C14H16ClIN2O2/c1-3-14(4-2)13(20)18(8-12(19)17-14)11-6-5-9(16)7-10(11)15/h5-7H,3-4,8H2,1-2H3,(H,17,19). The average molecular weight is 407 g/mol. The molecule has 0 atom stereocenters. The molecule has 1 heterocycles. The maximum atomic E-state index is 12.7. The number of piperazine rings is 1. The summed E-state index contributed by atoms with van der Waals surface area (Å²) in [6.07, 6.45) is 1.12. The molecule has 2 amide bonds. The molecule has 2 rings (SSSR count). The second-order valence-corrected chi connectivity index (χ2v) is 6.48. The SMILES string of the molecule is CCC1(CC)NC(=O)CN(c2ccc(I)cc2Cl)C1=O. The van der Waals surface area contributed by atoms with E-state index in [4.69, 9.17) is 11.6 Å². The number of nitrogens with zero attached hydrogens (tertiary/aromatic N) is 1. The predicted molar refractivity (Wildman–Crippen MR) is 88.0 cm³/mol. The van der Waals surface area contributed by atoms with E-state index in [0.717, 1.165) is 3.57 Å². The molecule has 0 unspecified atom stereocenters. The molecule has 0 spiro atoms. The summed E-state index contributed by atoms with van der Waals surface area (Å²) in [6, 6.07) is 5.45. The van der Waals surface area contributed by atoms with Crippen LogP contribution in [0.3, 0.4) is 0 Å². The van der Waals surface area contributed by atoms with Crippen LogP contribution in [0.1, 0.15) is 26.7 Å². The Kier molecular flexibility index (Phi) is 4.59. The van der Waals surface area contributed by atoms with Crippen molar-refractivity contribution in [2.24, 2.45) is 0 Å². The van der Waals surface area contributed by atoms with E-state index >= 15 is 0 Å². The number of carbonyl (C=O) groups is 2. The Labute approximate surface area is 137 Å². The Morgan fingerprint density at radius 1 is 1.35 bits per heavy atom. The molecule has 1 aromatic rings. The van der Waals surface area contributed by atoms with Crippen LogP contribution in [0.25, 0.3) is 0 Å². The summed E-state index contributed by atoms with van der Waals surface area (Å²) in [7, 11) is 0. The minimum absolute atomic E-state index is 0.0148. The summed E-state index contributed by atoms with van der Waals surface area (Å²) in [4.78, 5) is 26.2. The van der Waals surface area contributed by atoms with Crippen LogP contribution in [-0.4, -0.2) is 23.9 Å². The molecular formula is C14H16ClIN2O2. The van der Waals surface area contributed by atoms with Gasteiger partial charge in [0.15, 0.2) is 0 Å². The molecule has 4 nitrogen and oxygen atoms in total. The van der Waals surface area contributed by atoms with Gasteiger partial charge in [-0.3, -0.25) is 14.5 Å². The van der Waals surface area contributed by atoms with E-state index in [0.29, 0.717) is 23.6 Å². The first-order chi connectivity index (χ1) is 9.43. The molecule has 0 aliphatic carbocycles. The fraction of sp³-hybridized carbons (Fsp3) is 0.429. The van der Waals surface area contributed by atoms with Gasteiger partial charge in [-0.2, -0.15) is 0 Å². The predicted octanol–water partition coefficient (Wildman–Crippen LogP) is 2.97. The third-order valence-corrected chi connectivity index (χ3v) is 4.72. The van der Waals surface area contributed by atoms with Gasteiger partial charge in [0.05, 0.1) is 10.7 Å². The third-order valence-electron chi connectivity index (χ3n) is 3.74. The maximum absolute atomic E-state index is 12.7. The first-order valence-electron chi connectivity index (χ1n) is 6.51. The molecule has 0 aromatic heterocycles. The van der Waals surface area contributed by atoms with Crippen molar-refractivity contribution >= 4 is 51.7 Å². The van der Waals surface area contributed by atoms with Gasteiger partial charge >= 0.3 is 0 Å². The number of benzene rings is 1. The quantitative estimate of drug-likeness (QED) is 0.785. The van der Waals surface area contributed by atoms with Crippen LogP contribution in [0.4, 0.5) is 5.69 Å². The summed E-state index contributed by atoms with van der Waals surface area (Å²) < 4.78 is 0.988. The number of hydrogen-bond donors (Lipinski definition) is 1. The Morgan fingerprint density at radius 3 is 2.55 bits per heavy atom. The Morgan fingerprint density at radius 2 is 2.00 bits per heavy atom. The van der Waals surface area contributed by atoms with Gasteiger partial charge in [0.1, 0.15) is 12.1 Å². The molecule has 1 fully saturated rings. The van der Waals surface area contributed by atoms with Crippen LogP contribution in [-0.2, 0) is 9.59 Å². The topological polar surface area (TPSA) is 49.4 Å². The number of rotatable bonds is 3. The first-order valence-corrected chi connectivity index (χ1v) is 7.97. The molecule has 6 heteroatoms. The van der Waals surface area contributed by atoms with Crippen molar-refractivity contribution in [1.82, 2.24) is 5.32 Å². The minimum Gasteiger partial charge on any atom is -0.340 e. The third kappa shape index (κ3) is 2.65. The lowest BCUT2D eigenvalue weighted by Gasteiger charge is -2.41. The van der Waals surface area contributed by atoms with E-state index in [9.17, 15) is 9.59 Å². The van der Waals surface area contributed by atoms with Crippen LogP contribution in [0, 0.1) is 3.57 Å². The molecule has 0 saturated carbocycles. The molecule has 20 heavy (non-hydrogen) atoms. The van der Waals surface area contributed by atoms with E-state index in [-0.39, 0.29) is 18.4 Å². The van der Waals surface area contributed by atoms with Crippen LogP contribution >= 0.6 is 34.2 Å². The van der Waals surface area contributed by atoms with Crippen LogP contribution in [0.15, 0.2) is 18.2 Å².